The van der Waals surface area contributed by atoms with Crippen molar-refractivity contribution < 1.29 is 19.1 Å². The molecule has 0 unspecified atom stereocenters. The Bertz CT molecular complexity index is 729. The van der Waals surface area contributed by atoms with Crippen LogP contribution in [0.3, 0.4) is 0 Å². The number of esters is 1. The zero-order valence-electron chi connectivity index (χ0n) is 14.5. The third-order valence-corrected chi connectivity index (χ3v) is 6.43. The molecule has 0 aliphatic carbocycles. The van der Waals surface area contributed by atoms with Crippen LogP contribution in [0.2, 0.25) is 5.02 Å². The van der Waals surface area contributed by atoms with Gasteiger partial charge in [0.15, 0.2) is 6.61 Å². The number of hydrogen-bond acceptors (Lipinski definition) is 5. The highest BCUT2D eigenvalue weighted by molar-refractivity contribution is 8.01. The van der Waals surface area contributed by atoms with Gasteiger partial charge in [0.05, 0.1) is 4.87 Å². The zero-order chi connectivity index (χ0) is 18.7. The Morgan fingerprint density at radius 3 is 3.04 bits per heavy atom. The van der Waals surface area contributed by atoms with Crippen LogP contribution >= 0.6 is 23.4 Å². The molecule has 1 aromatic rings. The van der Waals surface area contributed by atoms with Crippen molar-refractivity contribution in [1.82, 2.24) is 10.2 Å². The fourth-order valence-corrected chi connectivity index (χ4v) is 4.95. The molecule has 3 rings (SSSR count). The number of amides is 2. The fourth-order valence-electron chi connectivity index (χ4n) is 3.32. The molecular formula is C18H21ClN2O4S. The van der Waals surface area contributed by atoms with E-state index >= 15 is 0 Å². The summed E-state index contributed by atoms with van der Waals surface area (Å²) in [5, 5.41) is 3.37. The number of ether oxygens (including phenoxy) is 1. The highest BCUT2D eigenvalue weighted by atomic mass is 35.5. The van der Waals surface area contributed by atoms with Crippen molar-refractivity contribution in [3.05, 3.63) is 34.9 Å². The average Bonchev–Trinajstić information content (AvgIpc) is 3.09. The lowest BCUT2D eigenvalue weighted by molar-refractivity contribution is -0.156. The molecule has 2 aliphatic heterocycles. The quantitative estimate of drug-likeness (QED) is 0.744. The van der Waals surface area contributed by atoms with Crippen LogP contribution in [0.4, 0.5) is 0 Å². The van der Waals surface area contributed by atoms with Crippen molar-refractivity contribution in [1.29, 1.82) is 0 Å². The first-order valence-corrected chi connectivity index (χ1v) is 9.89. The number of thioether (sulfide) groups is 1. The highest BCUT2D eigenvalue weighted by Gasteiger charge is 2.53. The van der Waals surface area contributed by atoms with Crippen LogP contribution in [-0.4, -0.2) is 52.5 Å². The molecule has 2 fully saturated rings. The summed E-state index contributed by atoms with van der Waals surface area (Å²) in [7, 11) is 0. The second-order valence-corrected chi connectivity index (χ2v) is 8.54. The molecule has 1 aromatic carbocycles. The first-order valence-electron chi connectivity index (χ1n) is 8.53. The van der Waals surface area contributed by atoms with Crippen LogP contribution < -0.4 is 5.32 Å². The largest absolute Gasteiger partial charge is 0.454 e. The lowest BCUT2D eigenvalue weighted by atomic mass is 10.1. The molecule has 0 saturated carbocycles. The number of nitrogens with zero attached hydrogens (tertiary/aromatic N) is 1. The predicted molar refractivity (Wildman–Crippen MR) is 99.9 cm³/mol. The van der Waals surface area contributed by atoms with Gasteiger partial charge in [-0.25, -0.2) is 4.79 Å². The van der Waals surface area contributed by atoms with Crippen molar-refractivity contribution in [2.24, 2.45) is 0 Å². The summed E-state index contributed by atoms with van der Waals surface area (Å²) in [6, 6.07) is 6.82. The van der Waals surface area contributed by atoms with Gasteiger partial charge in [0.2, 0.25) is 5.91 Å². The number of halogens is 1. The van der Waals surface area contributed by atoms with Crippen LogP contribution in [0, 0.1) is 0 Å². The van der Waals surface area contributed by atoms with Gasteiger partial charge in [0.25, 0.3) is 5.91 Å². The van der Waals surface area contributed by atoms with E-state index in [9.17, 15) is 14.4 Å². The molecule has 0 aromatic heterocycles. The Hall–Kier alpha value is -1.73. The minimum absolute atomic E-state index is 0.0228. The molecule has 2 atom stereocenters. The Balaban J connectivity index is 1.42. The van der Waals surface area contributed by atoms with Gasteiger partial charge in [-0.2, -0.15) is 0 Å². The standard InChI is InChI=1S/C18H21ClN2O4S/c1-18-7-5-16(23)21(18)14(11-26-18)17(24)25-10-15(22)20-8-6-12-3-2-4-13(19)9-12/h2-4,9,14H,5-8,10-11H2,1H3,(H,20,22)/t14-,18+/m0/s1. The van der Waals surface area contributed by atoms with Gasteiger partial charge in [-0.3, -0.25) is 9.59 Å². The van der Waals surface area contributed by atoms with Gasteiger partial charge in [-0.1, -0.05) is 23.7 Å². The smallest absolute Gasteiger partial charge is 0.330 e. The molecular weight excluding hydrogens is 376 g/mol. The summed E-state index contributed by atoms with van der Waals surface area (Å²) in [4.78, 5) is 37.5. The molecule has 6 nitrogen and oxygen atoms in total. The van der Waals surface area contributed by atoms with Gasteiger partial charge in [-0.05, 0) is 37.5 Å². The number of rotatable bonds is 6. The van der Waals surface area contributed by atoms with Crippen molar-refractivity contribution in [2.75, 3.05) is 18.9 Å². The molecule has 0 bridgehead atoms. The maximum atomic E-state index is 12.3. The van der Waals surface area contributed by atoms with E-state index in [1.54, 1.807) is 22.7 Å². The molecule has 1 N–H and O–H groups in total. The Labute approximate surface area is 161 Å². The third kappa shape index (κ3) is 4.15. The maximum absolute atomic E-state index is 12.3. The number of carbonyl (C=O) groups is 3. The van der Waals surface area contributed by atoms with Crippen LogP contribution in [0.1, 0.15) is 25.3 Å². The normalized spacial score (nSPS) is 24.5. The maximum Gasteiger partial charge on any atom is 0.330 e. The number of hydrogen-bond donors (Lipinski definition) is 1. The first-order chi connectivity index (χ1) is 12.4. The molecule has 2 amide bonds. The SMILES string of the molecule is C[C@@]12CCC(=O)N1[C@H](C(=O)OCC(=O)NCCc1cccc(Cl)c1)CS2. The topological polar surface area (TPSA) is 75.7 Å². The number of benzene rings is 1. The minimum atomic E-state index is -0.598. The summed E-state index contributed by atoms with van der Waals surface area (Å²) >= 11 is 7.51. The van der Waals surface area contributed by atoms with E-state index in [1.165, 1.54) is 0 Å². The van der Waals surface area contributed by atoms with Crippen molar-refractivity contribution >= 4 is 41.1 Å². The van der Waals surface area contributed by atoms with Crippen molar-refractivity contribution in [3.63, 3.8) is 0 Å². The van der Waals surface area contributed by atoms with Gasteiger partial charge >= 0.3 is 5.97 Å². The van der Waals surface area contributed by atoms with Gasteiger partial charge in [0, 0.05) is 23.7 Å². The number of fused-ring (bicyclic) bond motifs is 1. The van der Waals surface area contributed by atoms with E-state index in [4.69, 9.17) is 16.3 Å². The monoisotopic (exact) mass is 396 g/mol. The third-order valence-electron chi connectivity index (χ3n) is 4.69. The second-order valence-electron chi connectivity index (χ2n) is 6.60. The predicted octanol–water partition coefficient (Wildman–Crippen LogP) is 2.00. The average molecular weight is 397 g/mol. The van der Waals surface area contributed by atoms with Crippen LogP contribution in [0.25, 0.3) is 0 Å². The van der Waals surface area contributed by atoms with E-state index in [-0.39, 0.29) is 23.3 Å². The number of carbonyl (C=O) groups excluding carboxylic acids is 3. The first kappa shape index (κ1) is 19.0. The van der Waals surface area contributed by atoms with Crippen LogP contribution in [-0.2, 0) is 25.5 Å². The molecule has 2 heterocycles. The summed E-state index contributed by atoms with van der Waals surface area (Å²) in [5.41, 5.74) is 1.02. The zero-order valence-corrected chi connectivity index (χ0v) is 16.1. The molecule has 2 aliphatic rings. The minimum Gasteiger partial charge on any atom is -0.454 e. The van der Waals surface area contributed by atoms with Gasteiger partial charge in [0.1, 0.15) is 6.04 Å². The van der Waals surface area contributed by atoms with Crippen molar-refractivity contribution in [2.45, 2.75) is 37.1 Å². The lowest BCUT2D eigenvalue weighted by Gasteiger charge is -2.29. The van der Waals surface area contributed by atoms with Crippen LogP contribution in [0.5, 0.6) is 0 Å². The van der Waals surface area contributed by atoms with E-state index in [2.05, 4.69) is 5.32 Å². The fraction of sp³-hybridized carbons (Fsp3) is 0.500. The van der Waals surface area contributed by atoms with E-state index in [0.717, 1.165) is 12.0 Å². The summed E-state index contributed by atoms with van der Waals surface area (Å²) in [6.45, 7) is 2.06. The summed E-state index contributed by atoms with van der Waals surface area (Å²) in [6.07, 6.45) is 1.84. The molecule has 140 valence electrons. The highest BCUT2D eigenvalue weighted by Crippen LogP contribution is 2.47. The van der Waals surface area contributed by atoms with Gasteiger partial charge < -0.3 is 15.0 Å². The Morgan fingerprint density at radius 1 is 1.46 bits per heavy atom. The van der Waals surface area contributed by atoms with Gasteiger partial charge in [-0.15, -0.1) is 11.8 Å². The van der Waals surface area contributed by atoms with Crippen LogP contribution in [0.15, 0.2) is 24.3 Å². The van der Waals surface area contributed by atoms with E-state index in [1.807, 2.05) is 25.1 Å². The summed E-state index contributed by atoms with van der Waals surface area (Å²) in [5.74, 6) is -0.384. The van der Waals surface area contributed by atoms with E-state index in [0.29, 0.717) is 30.2 Å². The lowest BCUT2D eigenvalue weighted by Crippen LogP contribution is -2.47. The molecule has 0 spiro atoms. The summed E-state index contributed by atoms with van der Waals surface area (Å²) < 4.78 is 5.13. The van der Waals surface area contributed by atoms with Crippen molar-refractivity contribution in [3.8, 4) is 0 Å². The number of nitrogens with one attached hydrogen (secondary N) is 1. The Morgan fingerprint density at radius 2 is 2.27 bits per heavy atom. The Kier molecular flexibility index (Phi) is 5.77. The molecule has 2 saturated heterocycles. The second kappa shape index (κ2) is 7.88. The molecule has 8 heteroatoms. The molecule has 0 radical (unpaired) electrons. The molecule has 26 heavy (non-hydrogen) atoms. The van der Waals surface area contributed by atoms with E-state index < -0.39 is 12.0 Å².